The van der Waals surface area contributed by atoms with Gasteiger partial charge >= 0.3 is 6.09 Å². The number of nitrogen functional groups attached to an aromatic ring is 1. The van der Waals surface area contributed by atoms with Crippen LogP contribution >= 0.6 is 0 Å². The molecule has 0 saturated heterocycles. The van der Waals surface area contributed by atoms with E-state index in [4.69, 9.17) is 10.5 Å². The number of hydrogen-bond donors (Lipinski definition) is 3. The number of H-pyrrole nitrogens is 1. The van der Waals surface area contributed by atoms with Gasteiger partial charge in [-0.3, -0.25) is 5.32 Å². The lowest BCUT2D eigenvalue weighted by Gasteiger charge is -2.06. The molecule has 1 aromatic carbocycles. The Labute approximate surface area is 166 Å². The second-order valence-electron chi connectivity index (χ2n) is 5.75. The van der Waals surface area contributed by atoms with Crippen molar-refractivity contribution in [1.82, 2.24) is 29.9 Å². The quantitative estimate of drug-likeness (QED) is 0.480. The predicted molar refractivity (Wildman–Crippen MR) is 110 cm³/mol. The van der Waals surface area contributed by atoms with Crippen molar-refractivity contribution in [3.63, 3.8) is 0 Å². The number of benzene rings is 1. The molecule has 0 aliphatic carbocycles. The standard InChI is InChI=1S/C18H16N8O2.CH4/c1-2-28-18(27)26-17-24-13-7-10(11-8-22-16(19)23-9-11)6-12(14(13)25-17)15-20-4-3-5-21-15;/h3-9H,2H2,1H3,(H2,19,22,23)(H2,24,25,26,27);1H4. The summed E-state index contributed by atoms with van der Waals surface area (Å²) in [6.45, 7) is 1.99. The van der Waals surface area contributed by atoms with Crippen molar-refractivity contribution in [2.75, 3.05) is 17.7 Å². The van der Waals surface area contributed by atoms with Gasteiger partial charge in [0.15, 0.2) is 5.82 Å². The molecule has 0 bridgehead atoms. The van der Waals surface area contributed by atoms with Gasteiger partial charge in [0.25, 0.3) is 0 Å². The number of nitrogens with one attached hydrogen (secondary N) is 2. The Morgan fingerprint density at radius 2 is 1.86 bits per heavy atom. The molecule has 10 nitrogen and oxygen atoms in total. The van der Waals surface area contributed by atoms with Gasteiger partial charge in [-0.1, -0.05) is 7.43 Å². The van der Waals surface area contributed by atoms with Crippen LogP contribution in [0.1, 0.15) is 14.4 Å². The fourth-order valence-electron chi connectivity index (χ4n) is 2.70. The molecular weight excluding hydrogens is 372 g/mol. The minimum Gasteiger partial charge on any atom is -0.450 e. The minimum atomic E-state index is -0.591. The van der Waals surface area contributed by atoms with Gasteiger partial charge < -0.3 is 15.5 Å². The Morgan fingerprint density at radius 1 is 1.14 bits per heavy atom. The number of aromatic amines is 1. The lowest BCUT2D eigenvalue weighted by molar-refractivity contribution is 0.167. The lowest BCUT2D eigenvalue weighted by atomic mass is 10.0. The molecule has 0 saturated carbocycles. The third kappa shape index (κ3) is 4.10. The summed E-state index contributed by atoms with van der Waals surface area (Å²) < 4.78 is 4.90. The number of nitrogens with zero attached hydrogens (tertiary/aromatic N) is 5. The van der Waals surface area contributed by atoms with Crippen LogP contribution in [0.3, 0.4) is 0 Å². The highest BCUT2D eigenvalue weighted by molar-refractivity contribution is 5.96. The van der Waals surface area contributed by atoms with Crippen molar-refractivity contribution < 1.29 is 9.53 Å². The summed E-state index contributed by atoms with van der Waals surface area (Å²) in [6, 6.07) is 5.50. The molecule has 0 aliphatic rings. The van der Waals surface area contributed by atoms with E-state index < -0.39 is 6.09 Å². The fourth-order valence-corrected chi connectivity index (χ4v) is 2.70. The first-order valence-corrected chi connectivity index (χ1v) is 8.47. The van der Waals surface area contributed by atoms with Crippen molar-refractivity contribution in [1.29, 1.82) is 0 Å². The molecule has 0 atom stereocenters. The monoisotopic (exact) mass is 392 g/mol. The molecule has 148 valence electrons. The van der Waals surface area contributed by atoms with E-state index in [9.17, 15) is 4.79 Å². The number of fused-ring (bicyclic) bond motifs is 1. The second-order valence-corrected chi connectivity index (χ2v) is 5.75. The summed E-state index contributed by atoms with van der Waals surface area (Å²) in [6.07, 6.45) is 5.97. The number of ether oxygens (including phenoxy) is 1. The molecule has 4 rings (SSSR count). The number of imidazole rings is 1. The fraction of sp³-hybridized carbons (Fsp3) is 0.158. The number of amides is 1. The SMILES string of the molecule is C.CCOC(=O)Nc1nc2c(-c3ncccn3)cc(-c3cnc(N)nc3)cc2[nH]1. The highest BCUT2D eigenvalue weighted by Gasteiger charge is 2.15. The zero-order valence-electron chi connectivity index (χ0n) is 14.9. The molecule has 3 heterocycles. The Balaban J connectivity index is 0.00000240. The topological polar surface area (TPSA) is 145 Å². The molecule has 29 heavy (non-hydrogen) atoms. The highest BCUT2D eigenvalue weighted by atomic mass is 16.5. The smallest absolute Gasteiger partial charge is 0.413 e. The molecule has 0 unspecified atom stereocenters. The summed E-state index contributed by atoms with van der Waals surface area (Å²) in [5.41, 5.74) is 9.15. The maximum Gasteiger partial charge on any atom is 0.413 e. The maximum atomic E-state index is 11.7. The Morgan fingerprint density at radius 3 is 2.55 bits per heavy atom. The molecule has 3 aromatic heterocycles. The van der Waals surface area contributed by atoms with Crippen LogP contribution in [0.2, 0.25) is 0 Å². The third-order valence-corrected chi connectivity index (χ3v) is 3.89. The number of carbonyl (C=O) groups is 1. The van der Waals surface area contributed by atoms with E-state index in [0.717, 1.165) is 11.1 Å². The van der Waals surface area contributed by atoms with E-state index in [0.29, 0.717) is 22.4 Å². The van der Waals surface area contributed by atoms with Gasteiger partial charge in [-0.05, 0) is 30.7 Å². The average Bonchev–Trinajstić information content (AvgIpc) is 3.10. The zero-order chi connectivity index (χ0) is 19.5. The molecule has 0 radical (unpaired) electrons. The first-order valence-electron chi connectivity index (χ1n) is 8.47. The number of aromatic nitrogens is 6. The highest BCUT2D eigenvalue weighted by Crippen LogP contribution is 2.32. The molecular formula is C19H20N8O2. The van der Waals surface area contributed by atoms with E-state index in [-0.39, 0.29) is 25.9 Å². The third-order valence-electron chi connectivity index (χ3n) is 3.89. The molecule has 4 aromatic rings. The van der Waals surface area contributed by atoms with Crippen LogP contribution in [0.15, 0.2) is 43.0 Å². The van der Waals surface area contributed by atoms with Gasteiger partial charge in [0.1, 0.15) is 5.52 Å². The number of rotatable bonds is 4. The van der Waals surface area contributed by atoms with Gasteiger partial charge in [0, 0.05) is 35.9 Å². The number of carbonyl (C=O) groups excluding carboxylic acids is 1. The van der Waals surface area contributed by atoms with Crippen LogP contribution in [-0.4, -0.2) is 42.6 Å². The van der Waals surface area contributed by atoms with E-state index in [1.165, 1.54) is 0 Å². The molecule has 4 N–H and O–H groups in total. The van der Waals surface area contributed by atoms with Crippen molar-refractivity contribution in [3.8, 4) is 22.5 Å². The Kier molecular flexibility index (Phi) is 5.63. The van der Waals surface area contributed by atoms with Crippen LogP contribution < -0.4 is 11.1 Å². The first kappa shape index (κ1) is 19.7. The van der Waals surface area contributed by atoms with Crippen molar-refractivity contribution in [3.05, 3.63) is 43.0 Å². The van der Waals surface area contributed by atoms with E-state index >= 15 is 0 Å². The van der Waals surface area contributed by atoms with Gasteiger partial charge in [-0.2, -0.15) is 0 Å². The molecule has 0 fully saturated rings. The number of nitrogens with two attached hydrogens (primary N) is 1. The van der Waals surface area contributed by atoms with E-state index in [2.05, 4.69) is 35.2 Å². The average molecular weight is 392 g/mol. The van der Waals surface area contributed by atoms with Gasteiger partial charge in [-0.25, -0.2) is 29.7 Å². The summed E-state index contributed by atoms with van der Waals surface area (Å²) in [7, 11) is 0. The maximum absolute atomic E-state index is 11.7. The molecule has 10 heteroatoms. The van der Waals surface area contributed by atoms with Crippen molar-refractivity contribution in [2.45, 2.75) is 14.4 Å². The number of hydrogen-bond acceptors (Lipinski definition) is 8. The van der Waals surface area contributed by atoms with Gasteiger partial charge in [0.05, 0.1) is 12.1 Å². The predicted octanol–water partition coefficient (Wildman–Crippen LogP) is 3.26. The summed E-state index contributed by atoms with van der Waals surface area (Å²) in [4.78, 5) is 36.0. The van der Waals surface area contributed by atoms with Gasteiger partial charge in [0.2, 0.25) is 11.9 Å². The number of anilines is 2. The second kappa shape index (κ2) is 8.30. The summed E-state index contributed by atoms with van der Waals surface area (Å²) in [5.74, 6) is 0.954. The lowest BCUT2D eigenvalue weighted by Crippen LogP contribution is -2.14. The zero-order valence-corrected chi connectivity index (χ0v) is 14.9. The Hall–Kier alpha value is -4.08. The van der Waals surface area contributed by atoms with Crippen LogP contribution in [0.5, 0.6) is 0 Å². The van der Waals surface area contributed by atoms with Crippen molar-refractivity contribution >= 4 is 29.0 Å². The van der Waals surface area contributed by atoms with Crippen LogP contribution in [0.4, 0.5) is 16.7 Å². The molecule has 1 amide bonds. The van der Waals surface area contributed by atoms with Crippen LogP contribution in [0.25, 0.3) is 33.5 Å². The molecule has 0 spiro atoms. The summed E-state index contributed by atoms with van der Waals surface area (Å²) in [5, 5.41) is 2.57. The Bertz CT molecular complexity index is 1130. The van der Waals surface area contributed by atoms with Crippen LogP contribution in [-0.2, 0) is 4.74 Å². The molecule has 0 aliphatic heterocycles. The summed E-state index contributed by atoms with van der Waals surface area (Å²) >= 11 is 0. The van der Waals surface area contributed by atoms with E-state index in [1.807, 2.05) is 12.1 Å². The first-order chi connectivity index (χ1) is 13.6. The van der Waals surface area contributed by atoms with E-state index in [1.54, 1.807) is 37.8 Å². The largest absolute Gasteiger partial charge is 0.450 e. The van der Waals surface area contributed by atoms with Crippen molar-refractivity contribution in [2.24, 2.45) is 0 Å². The minimum absolute atomic E-state index is 0. The normalized spacial score (nSPS) is 10.4. The van der Waals surface area contributed by atoms with Gasteiger partial charge in [-0.15, -0.1) is 0 Å². The van der Waals surface area contributed by atoms with Crippen LogP contribution in [0, 0.1) is 0 Å².